The highest BCUT2D eigenvalue weighted by molar-refractivity contribution is 7.92. The maximum absolute atomic E-state index is 13.3. The highest BCUT2D eigenvalue weighted by Crippen LogP contribution is 2.24. The third-order valence-corrected chi connectivity index (χ3v) is 6.19. The minimum Gasteiger partial charge on any atom is -0.497 e. The molecule has 0 aliphatic rings. The molecule has 3 rings (SSSR count). The number of nitrogens with zero attached hydrogens (tertiary/aromatic N) is 1. The number of anilines is 2. The van der Waals surface area contributed by atoms with Crippen LogP contribution in [0, 0.1) is 11.6 Å². The van der Waals surface area contributed by atoms with E-state index in [4.69, 9.17) is 4.74 Å². The molecule has 0 bridgehead atoms. The Labute approximate surface area is 172 Å². The molecule has 1 N–H and O–H groups in total. The van der Waals surface area contributed by atoms with Gasteiger partial charge in [0.25, 0.3) is 15.9 Å². The number of ether oxygens (including phenoxy) is 1. The van der Waals surface area contributed by atoms with Crippen molar-refractivity contribution in [1.29, 1.82) is 0 Å². The molecule has 0 saturated heterocycles. The van der Waals surface area contributed by atoms with E-state index in [0.29, 0.717) is 11.4 Å². The smallest absolute Gasteiger partial charge is 0.264 e. The minimum atomic E-state index is -3.81. The van der Waals surface area contributed by atoms with E-state index in [1.807, 2.05) is 0 Å². The molecule has 1 amide bonds. The molecular weight excluding hydrogens is 414 g/mol. The van der Waals surface area contributed by atoms with E-state index in [1.54, 1.807) is 12.1 Å². The SMILES string of the molecule is COc1ccc(S(=O)(=O)N(C)c2ccc(C(=O)Nc3ccc(F)c(F)c3)cc2)cc1. The minimum absolute atomic E-state index is 0.0888. The number of hydrogen-bond acceptors (Lipinski definition) is 4. The Kier molecular flexibility index (Phi) is 6.02. The summed E-state index contributed by atoms with van der Waals surface area (Å²) in [6.07, 6.45) is 0. The summed E-state index contributed by atoms with van der Waals surface area (Å²) in [5.74, 6) is -2.10. The van der Waals surface area contributed by atoms with Gasteiger partial charge in [-0.25, -0.2) is 17.2 Å². The van der Waals surface area contributed by atoms with Gasteiger partial charge in [0.15, 0.2) is 11.6 Å². The lowest BCUT2D eigenvalue weighted by Crippen LogP contribution is -2.26. The van der Waals surface area contributed by atoms with Crippen molar-refractivity contribution in [3.05, 3.63) is 83.9 Å². The van der Waals surface area contributed by atoms with Crippen LogP contribution in [0.2, 0.25) is 0 Å². The van der Waals surface area contributed by atoms with Crippen LogP contribution >= 0.6 is 0 Å². The summed E-state index contributed by atoms with van der Waals surface area (Å²) >= 11 is 0. The second-order valence-electron chi connectivity index (χ2n) is 6.28. The van der Waals surface area contributed by atoms with Crippen molar-refractivity contribution < 1.29 is 26.7 Å². The van der Waals surface area contributed by atoms with Gasteiger partial charge in [0.1, 0.15) is 5.75 Å². The standard InChI is InChI=1S/C21H18F2N2O4S/c1-25(30(27,28)18-10-8-17(29-2)9-11-18)16-6-3-14(4-7-16)21(26)24-15-5-12-19(22)20(23)13-15/h3-13H,1-2H3,(H,24,26). The van der Waals surface area contributed by atoms with E-state index in [2.05, 4.69) is 5.32 Å². The van der Waals surface area contributed by atoms with Crippen LogP contribution in [0.5, 0.6) is 5.75 Å². The number of rotatable bonds is 6. The molecule has 0 aliphatic heterocycles. The van der Waals surface area contributed by atoms with Gasteiger partial charge >= 0.3 is 0 Å². The summed E-state index contributed by atoms with van der Waals surface area (Å²) in [7, 11) is -0.923. The Morgan fingerprint density at radius 1 is 0.933 bits per heavy atom. The molecule has 0 heterocycles. The molecule has 0 radical (unpaired) electrons. The topological polar surface area (TPSA) is 75.7 Å². The summed E-state index contributed by atoms with van der Waals surface area (Å²) in [4.78, 5) is 12.4. The van der Waals surface area contributed by atoms with Crippen LogP contribution in [0.1, 0.15) is 10.4 Å². The third-order valence-electron chi connectivity index (χ3n) is 4.39. The Hall–Kier alpha value is -3.46. The molecule has 0 aliphatic carbocycles. The number of carbonyl (C=O) groups is 1. The number of sulfonamides is 1. The Morgan fingerprint density at radius 2 is 1.57 bits per heavy atom. The van der Waals surface area contributed by atoms with Crippen LogP contribution in [0.15, 0.2) is 71.6 Å². The highest BCUT2D eigenvalue weighted by atomic mass is 32.2. The number of hydrogen-bond donors (Lipinski definition) is 1. The van der Waals surface area contributed by atoms with Crippen molar-refractivity contribution in [2.75, 3.05) is 23.8 Å². The molecule has 6 nitrogen and oxygen atoms in total. The first-order chi connectivity index (χ1) is 14.2. The predicted molar refractivity (Wildman–Crippen MR) is 109 cm³/mol. The summed E-state index contributed by atoms with van der Waals surface area (Å²) in [6, 6.07) is 14.8. The molecule has 0 unspecified atom stereocenters. The van der Waals surface area contributed by atoms with E-state index >= 15 is 0 Å². The summed E-state index contributed by atoms with van der Waals surface area (Å²) in [6.45, 7) is 0. The third kappa shape index (κ3) is 4.41. The average Bonchev–Trinajstić information content (AvgIpc) is 2.76. The largest absolute Gasteiger partial charge is 0.497 e. The lowest BCUT2D eigenvalue weighted by Gasteiger charge is -2.20. The predicted octanol–water partition coefficient (Wildman–Crippen LogP) is 4.05. The molecule has 0 fully saturated rings. The molecule has 3 aromatic rings. The number of methoxy groups -OCH3 is 1. The molecule has 156 valence electrons. The fraction of sp³-hybridized carbons (Fsp3) is 0.0952. The number of carbonyl (C=O) groups excluding carboxylic acids is 1. The Bertz CT molecular complexity index is 1160. The fourth-order valence-corrected chi connectivity index (χ4v) is 3.84. The Balaban J connectivity index is 1.76. The van der Waals surface area contributed by atoms with Gasteiger partial charge in [-0.3, -0.25) is 9.10 Å². The molecule has 30 heavy (non-hydrogen) atoms. The van der Waals surface area contributed by atoms with E-state index in [9.17, 15) is 22.0 Å². The number of amides is 1. The second-order valence-corrected chi connectivity index (χ2v) is 8.25. The highest BCUT2D eigenvalue weighted by Gasteiger charge is 2.21. The average molecular weight is 432 g/mol. The zero-order valence-electron chi connectivity index (χ0n) is 16.1. The quantitative estimate of drug-likeness (QED) is 0.638. The van der Waals surface area contributed by atoms with Gasteiger partial charge in [-0.05, 0) is 60.7 Å². The van der Waals surface area contributed by atoms with Crippen molar-refractivity contribution in [2.24, 2.45) is 0 Å². The van der Waals surface area contributed by atoms with Gasteiger partial charge in [-0.1, -0.05) is 0 Å². The van der Waals surface area contributed by atoms with Crippen LogP contribution in [0.25, 0.3) is 0 Å². The lowest BCUT2D eigenvalue weighted by atomic mass is 10.2. The van der Waals surface area contributed by atoms with E-state index in [0.717, 1.165) is 16.4 Å². The molecule has 0 atom stereocenters. The first-order valence-electron chi connectivity index (χ1n) is 8.72. The van der Waals surface area contributed by atoms with Crippen LogP contribution < -0.4 is 14.4 Å². The summed E-state index contributed by atoms with van der Waals surface area (Å²) in [5.41, 5.74) is 0.663. The maximum atomic E-state index is 13.3. The number of halogens is 2. The zero-order valence-corrected chi connectivity index (χ0v) is 16.9. The van der Waals surface area contributed by atoms with Gasteiger partial charge in [-0.15, -0.1) is 0 Å². The van der Waals surface area contributed by atoms with E-state index in [-0.39, 0.29) is 16.1 Å². The monoisotopic (exact) mass is 432 g/mol. The number of nitrogens with one attached hydrogen (secondary N) is 1. The maximum Gasteiger partial charge on any atom is 0.264 e. The van der Waals surface area contributed by atoms with Crippen molar-refractivity contribution in [3.8, 4) is 5.75 Å². The van der Waals surface area contributed by atoms with Gasteiger partial charge in [0.2, 0.25) is 0 Å². The van der Waals surface area contributed by atoms with Crippen molar-refractivity contribution in [2.45, 2.75) is 4.90 Å². The van der Waals surface area contributed by atoms with Crippen LogP contribution in [-0.2, 0) is 10.0 Å². The molecule has 3 aromatic carbocycles. The van der Waals surface area contributed by atoms with Crippen molar-refractivity contribution in [1.82, 2.24) is 0 Å². The van der Waals surface area contributed by atoms with Gasteiger partial charge in [0.05, 0.1) is 17.7 Å². The lowest BCUT2D eigenvalue weighted by molar-refractivity contribution is 0.102. The van der Waals surface area contributed by atoms with E-state index < -0.39 is 27.6 Å². The first-order valence-corrected chi connectivity index (χ1v) is 10.2. The zero-order chi connectivity index (χ0) is 21.9. The second kappa shape index (κ2) is 8.50. The van der Waals surface area contributed by atoms with E-state index in [1.165, 1.54) is 56.6 Å². The molecule has 0 aromatic heterocycles. The Morgan fingerprint density at radius 3 is 2.13 bits per heavy atom. The van der Waals surface area contributed by atoms with Gasteiger partial charge in [-0.2, -0.15) is 0 Å². The molecular formula is C21H18F2N2O4S. The van der Waals surface area contributed by atoms with Crippen LogP contribution in [-0.4, -0.2) is 28.5 Å². The van der Waals surface area contributed by atoms with Crippen molar-refractivity contribution in [3.63, 3.8) is 0 Å². The molecule has 9 heteroatoms. The first kappa shape index (κ1) is 21.3. The normalized spacial score (nSPS) is 11.1. The van der Waals surface area contributed by atoms with Gasteiger partial charge < -0.3 is 10.1 Å². The molecule has 0 saturated carbocycles. The summed E-state index contributed by atoms with van der Waals surface area (Å²) < 4.78 is 58.0. The van der Waals surface area contributed by atoms with Crippen molar-refractivity contribution >= 4 is 27.3 Å². The number of benzene rings is 3. The molecule has 0 spiro atoms. The van der Waals surface area contributed by atoms with Crippen LogP contribution in [0.4, 0.5) is 20.2 Å². The van der Waals surface area contributed by atoms with Gasteiger partial charge in [0, 0.05) is 24.4 Å². The summed E-state index contributed by atoms with van der Waals surface area (Å²) in [5, 5.41) is 2.45. The fourth-order valence-electron chi connectivity index (χ4n) is 2.64. The van der Waals surface area contributed by atoms with Crippen LogP contribution in [0.3, 0.4) is 0 Å².